The minimum atomic E-state index is -4.54. The summed E-state index contributed by atoms with van der Waals surface area (Å²) in [6.07, 6.45) is -4.54. The standard InChI is InChI=1S/C8H4Br2F3NO2/c9-3-4-6(14(15)16)2-1-5(7(4)10)8(11,12)13/h1-2H,3H2. The quantitative estimate of drug-likeness (QED) is 0.448. The van der Waals surface area contributed by atoms with Crippen molar-refractivity contribution in [1.29, 1.82) is 0 Å². The van der Waals surface area contributed by atoms with Crippen LogP contribution in [0.15, 0.2) is 16.6 Å². The summed E-state index contributed by atoms with van der Waals surface area (Å²) >= 11 is 5.67. The lowest BCUT2D eigenvalue weighted by molar-refractivity contribution is -0.385. The highest BCUT2D eigenvalue weighted by atomic mass is 79.9. The second-order valence-electron chi connectivity index (χ2n) is 2.81. The first-order chi connectivity index (χ1) is 7.29. The van der Waals surface area contributed by atoms with Gasteiger partial charge in [0.25, 0.3) is 5.69 Å². The summed E-state index contributed by atoms with van der Waals surface area (Å²) in [6.45, 7) is 0. The van der Waals surface area contributed by atoms with Crippen LogP contribution in [0.25, 0.3) is 0 Å². The molecule has 0 aliphatic heterocycles. The zero-order valence-electron chi connectivity index (χ0n) is 7.52. The lowest BCUT2D eigenvalue weighted by Gasteiger charge is -2.11. The van der Waals surface area contributed by atoms with Crippen LogP contribution < -0.4 is 0 Å². The number of halogens is 5. The summed E-state index contributed by atoms with van der Waals surface area (Å²) in [4.78, 5) is 9.86. The van der Waals surface area contributed by atoms with Gasteiger partial charge in [0.15, 0.2) is 0 Å². The van der Waals surface area contributed by atoms with Gasteiger partial charge in [-0.1, -0.05) is 15.9 Å². The van der Waals surface area contributed by atoms with Crippen LogP contribution in [0.1, 0.15) is 11.1 Å². The molecular formula is C8H4Br2F3NO2. The molecule has 8 heteroatoms. The van der Waals surface area contributed by atoms with Gasteiger partial charge < -0.3 is 0 Å². The van der Waals surface area contributed by atoms with Crippen molar-refractivity contribution in [1.82, 2.24) is 0 Å². The highest BCUT2D eigenvalue weighted by molar-refractivity contribution is 9.10. The normalized spacial score (nSPS) is 11.6. The van der Waals surface area contributed by atoms with E-state index in [-0.39, 0.29) is 21.1 Å². The Kier molecular flexibility index (Phi) is 3.95. The Bertz CT molecular complexity index is 434. The van der Waals surface area contributed by atoms with E-state index in [0.717, 1.165) is 6.07 Å². The van der Waals surface area contributed by atoms with Crippen molar-refractivity contribution in [2.24, 2.45) is 0 Å². The number of nitrogens with zero attached hydrogens (tertiary/aromatic N) is 1. The van der Waals surface area contributed by atoms with Crippen molar-refractivity contribution in [3.05, 3.63) is 37.8 Å². The molecule has 1 rings (SSSR count). The minimum absolute atomic E-state index is 0.0279. The summed E-state index contributed by atoms with van der Waals surface area (Å²) in [5.41, 5.74) is -1.30. The molecule has 0 heterocycles. The summed E-state index contributed by atoms with van der Waals surface area (Å²) in [5, 5.41) is 10.5. The van der Waals surface area contributed by atoms with Crippen molar-refractivity contribution in [3.8, 4) is 0 Å². The van der Waals surface area contributed by atoms with Gasteiger partial charge in [-0.3, -0.25) is 10.1 Å². The van der Waals surface area contributed by atoms with Gasteiger partial charge in [0.2, 0.25) is 0 Å². The molecule has 0 bridgehead atoms. The van der Waals surface area contributed by atoms with Crippen LogP contribution in [0.4, 0.5) is 18.9 Å². The van der Waals surface area contributed by atoms with Crippen molar-refractivity contribution in [2.75, 3.05) is 0 Å². The molecular weight excluding hydrogens is 359 g/mol. The van der Waals surface area contributed by atoms with E-state index in [2.05, 4.69) is 31.9 Å². The van der Waals surface area contributed by atoms with Gasteiger partial charge >= 0.3 is 6.18 Å². The van der Waals surface area contributed by atoms with E-state index in [9.17, 15) is 23.3 Å². The molecule has 0 amide bonds. The zero-order valence-corrected chi connectivity index (χ0v) is 10.7. The topological polar surface area (TPSA) is 43.1 Å². The Balaban J connectivity index is 3.46. The van der Waals surface area contributed by atoms with E-state index in [1.807, 2.05) is 0 Å². The second kappa shape index (κ2) is 4.70. The number of hydrogen-bond donors (Lipinski definition) is 0. The highest BCUT2D eigenvalue weighted by Gasteiger charge is 2.35. The first-order valence-electron chi connectivity index (χ1n) is 3.88. The average molecular weight is 363 g/mol. The summed E-state index contributed by atoms with van der Waals surface area (Å²) < 4.78 is 37.1. The summed E-state index contributed by atoms with van der Waals surface area (Å²) in [6, 6.07) is 1.54. The van der Waals surface area contributed by atoms with E-state index in [1.54, 1.807) is 0 Å². The Morgan fingerprint density at radius 2 is 1.94 bits per heavy atom. The monoisotopic (exact) mass is 361 g/mol. The zero-order chi connectivity index (χ0) is 12.5. The lowest BCUT2D eigenvalue weighted by Crippen LogP contribution is -2.08. The lowest BCUT2D eigenvalue weighted by atomic mass is 10.1. The maximum absolute atomic E-state index is 12.5. The number of hydrogen-bond acceptors (Lipinski definition) is 2. The summed E-state index contributed by atoms with van der Waals surface area (Å²) in [5.74, 6) is 0. The van der Waals surface area contributed by atoms with Crippen molar-refractivity contribution < 1.29 is 18.1 Å². The molecule has 0 aliphatic carbocycles. The van der Waals surface area contributed by atoms with Crippen molar-refractivity contribution in [3.63, 3.8) is 0 Å². The Labute approximate surface area is 105 Å². The molecule has 0 aliphatic rings. The van der Waals surface area contributed by atoms with Crippen molar-refractivity contribution >= 4 is 37.5 Å². The number of rotatable bonds is 2. The number of nitro benzene ring substituents is 1. The predicted octanol–water partition coefficient (Wildman–Crippen LogP) is 4.27. The minimum Gasteiger partial charge on any atom is -0.258 e. The predicted molar refractivity (Wildman–Crippen MR) is 58.4 cm³/mol. The molecule has 0 aromatic heterocycles. The SMILES string of the molecule is O=[N+]([O-])c1ccc(C(F)(F)F)c(Br)c1CBr. The van der Waals surface area contributed by atoms with Crippen LogP contribution in [0.5, 0.6) is 0 Å². The number of alkyl halides is 4. The van der Waals surface area contributed by atoms with Gasteiger partial charge in [-0.25, -0.2) is 0 Å². The van der Waals surface area contributed by atoms with Gasteiger partial charge in [-0.2, -0.15) is 13.2 Å². The molecule has 0 unspecified atom stereocenters. The van der Waals surface area contributed by atoms with Gasteiger partial charge in [-0.15, -0.1) is 0 Å². The average Bonchev–Trinajstić information content (AvgIpc) is 2.14. The molecule has 1 aromatic carbocycles. The van der Waals surface area contributed by atoms with Gasteiger partial charge in [0.1, 0.15) is 0 Å². The first kappa shape index (κ1) is 13.4. The van der Waals surface area contributed by atoms with Crippen molar-refractivity contribution in [2.45, 2.75) is 11.5 Å². The third-order valence-electron chi connectivity index (χ3n) is 1.85. The van der Waals surface area contributed by atoms with E-state index in [4.69, 9.17) is 0 Å². The van der Waals surface area contributed by atoms with E-state index in [1.165, 1.54) is 0 Å². The molecule has 88 valence electrons. The molecule has 3 nitrogen and oxygen atoms in total. The van der Waals surface area contributed by atoms with Gasteiger partial charge in [-0.05, 0) is 22.0 Å². The molecule has 0 radical (unpaired) electrons. The fraction of sp³-hybridized carbons (Fsp3) is 0.250. The Hall–Kier alpha value is -0.630. The summed E-state index contributed by atoms with van der Waals surface area (Å²) in [7, 11) is 0. The molecule has 0 saturated carbocycles. The fourth-order valence-electron chi connectivity index (χ4n) is 1.13. The highest BCUT2D eigenvalue weighted by Crippen LogP contribution is 2.40. The van der Waals surface area contributed by atoms with Crippen LogP contribution in [0, 0.1) is 10.1 Å². The van der Waals surface area contributed by atoms with E-state index in [0.29, 0.717) is 6.07 Å². The van der Waals surface area contributed by atoms with Crippen LogP contribution in [0.2, 0.25) is 0 Å². The maximum Gasteiger partial charge on any atom is 0.417 e. The number of benzene rings is 1. The molecule has 0 atom stereocenters. The maximum atomic E-state index is 12.5. The third kappa shape index (κ3) is 2.54. The van der Waals surface area contributed by atoms with Crippen LogP contribution >= 0.6 is 31.9 Å². The molecule has 0 fully saturated rings. The number of nitro groups is 1. The molecule has 16 heavy (non-hydrogen) atoms. The molecule has 1 aromatic rings. The Morgan fingerprint density at radius 3 is 2.31 bits per heavy atom. The van der Waals surface area contributed by atoms with E-state index < -0.39 is 16.7 Å². The molecule has 0 saturated heterocycles. The van der Waals surface area contributed by atoms with Gasteiger partial charge in [0, 0.05) is 15.9 Å². The van der Waals surface area contributed by atoms with Gasteiger partial charge in [0.05, 0.1) is 16.1 Å². The van der Waals surface area contributed by atoms with Crippen LogP contribution in [-0.2, 0) is 11.5 Å². The molecule has 0 spiro atoms. The van der Waals surface area contributed by atoms with Crippen LogP contribution in [-0.4, -0.2) is 4.92 Å². The molecule has 0 N–H and O–H groups in total. The smallest absolute Gasteiger partial charge is 0.258 e. The third-order valence-corrected chi connectivity index (χ3v) is 3.32. The second-order valence-corrected chi connectivity index (χ2v) is 4.17. The largest absolute Gasteiger partial charge is 0.417 e. The van der Waals surface area contributed by atoms with Crippen LogP contribution in [0.3, 0.4) is 0 Å². The Morgan fingerprint density at radius 1 is 1.38 bits per heavy atom. The van der Waals surface area contributed by atoms with E-state index >= 15 is 0 Å². The first-order valence-corrected chi connectivity index (χ1v) is 5.79. The fourth-order valence-corrected chi connectivity index (χ4v) is 2.77.